The molecule has 1 aliphatic heterocycles. The number of aryl methyl sites for hydroxylation is 1. The van der Waals surface area contributed by atoms with Crippen LogP contribution in [0.25, 0.3) is 0 Å². The molecule has 1 aromatic carbocycles. The van der Waals surface area contributed by atoms with E-state index in [1.54, 1.807) is 0 Å². The molecule has 0 radical (unpaired) electrons. The molecule has 1 fully saturated rings. The van der Waals surface area contributed by atoms with Gasteiger partial charge in [0.1, 0.15) is 17.9 Å². The molecule has 9 heteroatoms. The Bertz CT molecular complexity index is 642. The van der Waals surface area contributed by atoms with Gasteiger partial charge in [0.05, 0.1) is 6.61 Å². The van der Waals surface area contributed by atoms with Gasteiger partial charge in [-0.2, -0.15) is 0 Å². The third-order valence-corrected chi connectivity index (χ3v) is 5.33. The van der Waals surface area contributed by atoms with Gasteiger partial charge in [-0.1, -0.05) is 30.3 Å². The highest BCUT2D eigenvalue weighted by atomic mass is 16.5. The predicted octanol–water partition coefficient (Wildman–Crippen LogP) is 0.249. The van der Waals surface area contributed by atoms with Crippen LogP contribution in [0.15, 0.2) is 30.3 Å². The van der Waals surface area contributed by atoms with Crippen molar-refractivity contribution in [3.63, 3.8) is 0 Å². The molecule has 1 heterocycles. The number of rotatable bonds is 13. The van der Waals surface area contributed by atoms with E-state index in [0.717, 1.165) is 25.7 Å². The van der Waals surface area contributed by atoms with Crippen LogP contribution < -0.4 is 10.6 Å². The van der Waals surface area contributed by atoms with Gasteiger partial charge in [0.25, 0.3) is 0 Å². The SMILES string of the molecule is COCC(C=O)(CN[C@@H](CCCc1ccccc1)B(O)O)NC(=O)[C@H]1CCCCO1. The van der Waals surface area contributed by atoms with Crippen molar-refractivity contribution in [1.29, 1.82) is 0 Å². The molecule has 8 nitrogen and oxygen atoms in total. The fourth-order valence-corrected chi connectivity index (χ4v) is 3.61. The van der Waals surface area contributed by atoms with E-state index in [-0.39, 0.29) is 19.1 Å². The summed E-state index contributed by atoms with van der Waals surface area (Å²) in [6.07, 6.45) is 4.51. The smallest absolute Gasteiger partial charge is 0.426 e. The first-order valence-electron chi connectivity index (χ1n) is 10.5. The van der Waals surface area contributed by atoms with E-state index in [9.17, 15) is 19.6 Å². The second kappa shape index (κ2) is 12.8. The molecule has 166 valence electrons. The standard InChI is InChI=1S/C21H33BN2O6/c1-29-16-21(15-25,24-20(26)18-11-5-6-13-30-18)14-23-19(22(27)28)12-7-10-17-8-3-2-4-9-17/h2-4,8-9,15,18-19,23,27-28H,5-7,10-14,16H2,1H3,(H,24,26)/t18-,19+,21?/m1/s1. The molecule has 4 N–H and O–H groups in total. The highest BCUT2D eigenvalue weighted by Crippen LogP contribution is 2.15. The summed E-state index contributed by atoms with van der Waals surface area (Å²) in [6, 6.07) is 9.93. The molecule has 0 aliphatic carbocycles. The van der Waals surface area contributed by atoms with Gasteiger partial charge in [-0.25, -0.2) is 0 Å². The zero-order chi connectivity index (χ0) is 21.8. The molecule has 0 aromatic heterocycles. The highest BCUT2D eigenvalue weighted by Gasteiger charge is 2.36. The molecule has 0 bridgehead atoms. The molecule has 1 aromatic rings. The van der Waals surface area contributed by atoms with Crippen LogP contribution in [0, 0.1) is 0 Å². The third kappa shape index (κ3) is 7.81. The van der Waals surface area contributed by atoms with Gasteiger partial charge in [-0.3, -0.25) is 4.79 Å². The van der Waals surface area contributed by atoms with E-state index in [1.165, 1.54) is 12.7 Å². The van der Waals surface area contributed by atoms with Gasteiger partial charge in [0.2, 0.25) is 5.91 Å². The molecule has 1 aliphatic rings. The topological polar surface area (TPSA) is 117 Å². The summed E-state index contributed by atoms with van der Waals surface area (Å²) in [5, 5.41) is 25.3. The van der Waals surface area contributed by atoms with Crippen LogP contribution in [-0.2, 0) is 25.5 Å². The van der Waals surface area contributed by atoms with Crippen molar-refractivity contribution < 1.29 is 29.1 Å². The lowest BCUT2D eigenvalue weighted by Crippen LogP contribution is -2.63. The van der Waals surface area contributed by atoms with Gasteiger partial charge in [-0.15, -0.1) is 0 Å². The molecule has 1 unspecified atom stereocenters. The molecule has 2 rings (SSSR count). The molecule has 0 spiro atoms. The Morgan fingerprint density at radius 1 is 1.37 bits per heavy atom. The molecule has 1 saturated heterocycles. The number of aldehydes is 1. The summed E-state index contributed by atoms with van der Waals surface area (Å²) in [5.74, 6) is -1.00. The number of methoxy groups -OCH3 is 1. The van der Waals surface area contributed by atoms with Crippen LogP contribution in [0.5, 0.6) is 0 Å². The van der Waals surface area contributed by atoms with Gasteiger partial charge < -0.3 is 34.9 Å². The average molecular weight is 420 g/mol. The van der Waals surface area contributed by atoms with Crippen LogP contribution in [0.2, 0.25) is 0 Å². The van der Waals surface area contributed by atoms with Crippen LogP contribution in [0.4, 0.5) is 0 Å². The minimum atomic E-state index is -1.59. The van der Waals surface area contributed by atoms with E-state index in [0.29, 0.717) is 25.7 Å². The lowest BCUT2D eigenvalue weighted by atomic mass is 9.76. The van der Waals surface area contributed by atoms with Crippen LogP contribution in [-0.4, -0.2) is 73.8 Å². The maximum Gasteiger partial charge on any atom is 0.469 e. The van der Waals surface area contributed by atoms with Crippen LogP contribution in [0.3, 0.4) is 0 Å². The second-order valence-corrected chi connectivity index (χ2v) is 7.83. The summed E-state index contributed by atoms with van der Waals surface area (Å²) < 4.78 is 10.7. The van der Waals surface area contributed by atoms with E-state index < -0.39 is 24.7 Å². The Morgan fingerprint density at radius 3 is 2.73 bits per heavy atom. The number of carbonyl (C=O) groups excluding carboxylic acids is 2. The molecule has 1 amide bonds. The van der Waals surface area contributed by atoms with E-state index in [4.69, 9.17) is 9.47 Å². The normalized spacial score (nSPS) is 19.5. The number of amides is 1. The lowest BCUT2D eigenvalue weighted by molar-refractivity contribution is -0.140. The van der Waals surface area contributed by atoms with Crippen molar-refractivity contribution in [2.75, 3.05) is 26.9 Å². The monoisotopic (exact) mass is 420 g/mol. The summed E-state index contributed by atoms with van der Waals surface area (Å²) >= 11 is 0. The number of ether oxygens (including phenoxy) is 2. The van der Waals surface area contributed by atoms with Crippen molar-refractivity contribution in [3.05, 3.63) is 35.9 Å². The van der Waals surface area contributed by atoms with Crippen LogP contribution >= 0.6 is 0 Å². The van der Waals surface area contributed by atoms with E-state index in [1.807, 2.05) is 30.3 Å². The van der Waals surface area contributed by atoms with Gasteiger partial charge in [-0.05, 0) is 44.1 Å². The maximum atomic E-state index is 12.6. The Kier molecular flexibility index (Phi) is 10.5. The number of nitrogens with one attached hydrogen (secondary N) is 2. The quantitative estimate of drug-likeness (QED) is 0.267. The number of benzene rings is 1. The molecular weight excluding hydrogens is 387 g/mol. The number of hydrogen-bond donors (Lipinski definition) is 4. The van der Waals surface area contributed by atoms with Gasteiger partial charge >= 0.3 is 7.12 Å². The fraction of sp³-hybridized carbons (Fsp3) is 0.619. The molecule has 0 saturated carbocycles. The number of hydrogen-bond acceptors (Lipinski definition) is 7. The Labute approximate surface area is 178 Å². The highest BCUT2D eigenvalue weighted by molar-refractivity contribution is 6.43. The lowest BCUT2D eigenvalue weighted by Gasteiger charge is -2.33. The first kappa shape index (κ1) is 24.5. The van der Waals surface area contributed by atoms with Gasteiger partial charge in [0, 0.05) is 26.2 Å². The van der Waals surface area contributed by atoms with Crippen molar-refractivity contribution in [2.24, 2.45) is 0 Å². The zero-order valence-corrected chi connectivity index (χ0v) is 17.6. The average Bonchev–Trinajstić information content (AvgIpc) is 2.77. The molecular formula is C21H33BN2O6. The Hall–Kier alpha value is -1.78. The maximum absolute atomic E-state index is 12.6. The molecule has 3 atom stereocenters. The van der Waals surface area contributed by atoms with Crippen molar-refractivity contribution in [1.82, 2.24) is 10.6 Å². The fourth-order valence-electron chi connectivity index (χ4n) is 3.61. The predicted molar refractivity (Wildman–Crippen MR) is 114 cm³/mol. The van der Waals surface area contributed by atoms with Gasteiger partial charge in [0.15, 0.2) is 0 Å². The van der Waals surface area contributed by atoms with E-state index in [2.05, 4.69) is 10.6 Å². The Balaban J connectivity index is 1.93. The largest absolute Gasteiger partial charge is 0.469 e. The summed E-state index contributed by atoms with van der Waals surface area (Å²) in [4.78, 5) is 24.5. The van der Waals surface area contributed by atoms with Crippen molar-refractivity contribution in [3.8, 4) is 0 Å². The first-order chi connectivity index (χ1) is 14.5. The summed E-state index contributed by atoms with van der Waals surface area (Å²) in [5.41, 5.74) is -0.149. The van der Waals surface area contributed by atoms with Crippen LogP contribution in [0.1, 0.15) is 37.7 Å². The second-order valence-electron chi connectivity index (χ2n) is 7.83. The van der Waals surface area contributed by atoms with Crippen molar-refractivity contribution >= 4 is 19.3 Å². The molecule has 30 heavy (non-hydrogen) atoms. The minimum absolute atomic E-state index is 0.0103. The van der Waals surface area contributed by atoms with Crippen molar-refractivity contribution in [2.45, 2.75) is 56.1 Å². The summed E-state index contributed by atoms with van der Waals surface area (Å²) in [6.45, 7) is 0.492. The summed E-state index contributed by atoms with van der Waals surface area (Å²) in [7, 11) is -0.148. The third-order valence-electron chi connectivity index (χ3n) is 5.33. The van der Waals surface area contributed by atoms with E-state index >= 15 is 0 Å². The first-order valence-corrected chi connectivity index (χ1v) is 10.5. The minimum Gasteiger partial charge on any atom is -0.426 e. The zero-order valence-electron chi connectivity index (χ0n) is 17.6. The Morgan fingerprint density at radius 2 is 2.13 bits per heavy atom. The number of carbonyl (C=O) groups is 2.